The van der Waals surface area contributed by atoms with Gasteiger partial charge < -0.3 is 10.0 Å². The molecule has 0 unspecified atom stereocenters. The number of amides is 4. The Morgan fingerprint density at radius 1 is 0.691 bits per heavy atom. The highest BCUT2D eigenvalue weighted by Gasteiger charge is 2.68. The van der Waals surface area contributed by atoms with Gasteiger partial charge in [-0.15, -0.1) is 0 Å². The second-order valence-corrected chi connectivity index (χ2v) is 15.4. The first-order valence-electron chi connectivity index (χ1n) is 18.6. The molecule has 0 bridgehead atoms. The fraction of sp³-hybridized carbons (Fsp3) is 0.244. The van der Waals surface area contributed by atoms with E-state index < -0.39 is 35.0 Å². The van der Waals surface area contributed by atoms with Gasteiger partial charge >= 0.3 is 0 Å². The number of anilines is 3. The third-order valence-corrected chi connectivity index (χ3v) is 12.3. The zero-order chi connectivity index (χ0) is 38.2. The van der Waals surface area contributed by atoms with Gasteiger partial charge in [0.05, 0.1) is 45.9 Å². The van der Waals surface area contributed by atoms with Crippen molar-refractivity contribution < 1.29 is 24.3 Å². The van der Waals surface area contributed by atoms with Crippen LogP contribution in [0.5, 0.6) is 5.75 Å². The summed E-state index contributed by atoms with van der Waals surface area (Å²) < 4.78 is 0. The van der Waals surface area contributed by atoms with E-state index in [0.717, 1.165) is 16.6 Å². The Morgan fingerprint density at radius 2 is 1.33 bits per heavy atom. The smallest absolute Gasteiger partial charge is 0.241 e. The summed E-state index contributed by atoms with van der Waals surface area (Å²) >= 11 is 0. The molecule has 2 aliphatic carbocycles. The van der Waals surface area contributed by atoms with Crippen molar-refractivity contribution in [3.05, 3.63) is 132 Å². The van der Waals surface area contributed by atoms with E-state index in [4.69, 9.17) is 0 Å². The molecular formula is C45H39N5O5. The van der Waals surface area contributed by atoms with Gasteiger partial charge in [0, 0.05) is 36.7 Å². The van der Waals surface area contributed by atoms with Crippen LogP contribution in [-0.4, -0.2) is 42.8 Å². The van der Waals surface area contributed by atoms with Crippen LogP contribution in [0.1, 0.15) is 31.2 Å². The molecule has 55 heavy (non-hydrogen) atoms. The second kappa shape index (κ2) is 12.9. The van der Waals surface area contributed by atoms with Crippen molar-refractivity contribution >= 4 is 62.8 Å². The highest BCUT2D eigenvalue weighted by Crippen LogP contribution is 2.64. The van der Waals surface area contributed by atoms with Crippen molar-refractivity contribution in [3.63, 3.8) is 0 Å². The lowest BCUT2D eigenvalue weighted by Gasteiger charge is -2.49. The second-order valence-electron chi connectivity index (χ2n) is 15.4. The minimum atomic E-state index is -1.26. The van der Waals surface area contributed by atoms with E-state index in [-0.39, 0.29) is 35.8 Å². The lowest BCUT2D eigenvalue weighted by molar-refractivity contribution is -0.131. The summed E-state index contributed by atoms with van der Waals surface area (Å²) in [6, 6.07) is 34.7. The van der Waals surface area contributed by atoms with Gasteiger partial charge in [-0.05, 0) is 91.7 Å². The van der Waals surface area contributed by atoms with E-state index in [1.165, 1.54) is 9.80 Å². The molecule has 2 aliphatic heterocycles. The number of rotatable bonds is 6. The molecular weight excluding hydrogens is 691 g/mol. The number of fused-ring (bicyclic) bond motifs is 5. The predicted octanol–water partition coefficient (Wildman–Crippen LogP) is 8.46. The summed E-state index contributed by atoms with van der Waals surface area (Å²) in [4.78, 5) is 62.5. The van der Waals surface area contributed by atoms with E-state index in [1.807, 2.05) is 98.7 Å². The minimum absolute atomic E-state index is 0.0448. The Morgan fingerprint density at radius 3 is 2.02 bits per heavy atom. The normalized spacial score (nSPS) is 26.0. The highest BCUT2D eigenvalue weighted by molar-refractivity contribution is 6.25. The Kier molecular flexibility index (Phi) is 8.04. The molecule has 2 heterocycles. The van der Waals surface area contributed by atoms with Crippen LogP contribution in [0.4, 0.5) is 28.4 Å². The van der Waals surface area contributed by atoms with Crippen molar-refractivity contribution in [3.8, 4) is 5.75 Å². The molecule has 0 radical (unpaired) electrons. The monoisotopic (exact) mass is 729 g/mol. The van der Waals surface area contributed by atoms with Crippen LogP contribution >= 0.6 is 0 Å². The molecule has 10 heteroatoms. The first-order valence-corrected chi connectivity index (χ1v) is 18.6. The Hall–Kier alpha value is -6.42. The number of aromatic hydroxyl groups is 1. The number of azo groups is 1. The van der Waals surface area contributed by atoms with Crippen LogP contribution in [-0.2, 0) is 19.2 Å². The van der Waals surface area contributed by atoms with Gasteiger partial charge in [0.25, 0.3) is 0 Å². The molecule has 0 spiro atoms. The number of imide groups is 2. The molecule has 9 rings (SSSR count). The number of carbonyl (C=O) groups is 4. The summed E-state index contributed by atoms with van der Waals surface area (Å²) in [5, 5.41) is 22.1. The number of phenols is 1. The van der Waals surface area contributed by atoms with Crippen LogP contribution in [0.15, 0.2) is 137 Å². The molecule has 1 saturated carbocycles. The Bertz CT molecular complexity index is 2460. The maximum atomic E-state index is 14.7. The first kappa shape index (κ1) is 34.4. The maximum Gasteiger partial charge on any atom is 0.241 e. The summed E-state index contributed by atoms with van der Waals surface area (Å²) in [6.07, 6.45) is 2.52. The van der Waals surface area contributed by atoms with Crippen LogP contribution in [0.3, 0.4) is 0 Å². The number of nitrogens with zero attached hydrogens (tertiary/aromatic N) is 5. The lowest BCUT2D eigenvalue weighted by Crippen LogP contribution is -2.48. The summed E-state index contributed by atoms with van der Waals surface area (Å²) in [6.45, 7) is 1.83. The number of benzene rings is 5. The number of hydrogen-bond acceptors (Lipinski definition) is 8. The molecule has 5 aromatic carbocycles. The summed E-state index contributed by atoms with van der Waals surface area (Å²) in [7, 11) is 3.94. The van der Waals surface area contributed by atoms with Crippen molar-refractivity contribution in [2.24, 2.45) is 39.3 Å². The van der Waals surface area contributed by atoms with E-state index >= 15 is 0 Å². The van der Waals surface area contributed by atoms with Crippen LogP contribution in [0.2, 0.25) is 0 Å². The van der Waals surface area contributed by atoms with Crippen LogP contribution < -0.4 is 14.7 Å². The lowest BCUT2D eigenvalue weighted by atomic mass is 9.51. The van der Waals surface area contributed by atoms with Gasteiger partial charge in [-0.1, -0.05) is 66.2 Å². The van der Waals surface area contributed by atoms with Crippen molar-refractivity contribution in [1.29, 1.82) is 0 Å². The average Bonchev–Trinajstić information content (AvgIpc) is 3.57. The Labute approximate surface area is 318 Å². The molecule has 10 nitrogen and oxygen atoms in total. The highest BCUT2D eigenvalue weighted by atomic mass is 16.3. The van der Waals surface area contributed by atoms with E-state index in [2.05, 4.69) is 10.2 Å². The standard InChI is InChI=1S/C45H39N5O5/c1-45-37(42(53)50(44(45)55)30-10-5-4-6-11-30)25-36-33(39(45)35-22-13-26-9-7-8-12-32(26)40(35)51)23-24-34-38(36)43(54)49(41(34)52)31-20-16-28(17-21-31)47-46-27-14-18-29(19-15-27)48(2)3/h4-23,34,36-39,51H,24-25H2,1-3H3/t34-,36+,37-,38-,39+,45+/m0/s1. The molecule has 5 aromatic rings. The fourth-order valence-corrected chi connectivity index (χ4v) is 9.54. The van der Waals surface area contributed by atoms with Gasteiger partial charge in [-0.2, -0.15) is 10.2 Å². The van der Waals surface area contributed by atoms with Crippen molar-refractivity contribution in [1.82, 2.24) is 0 Å². The van der Waals surface area contributed by atoms with E-state index in [0.29, 0.717) is 40.1 Å². The Balaban J connectivity index is 1.07. The largest absolute Gasteiger partial charge is 0.507 e. The molecule has 1 N–H and O–H groups in total. The fourth-order valence-electron chi connectivity index (χ4n) is 9.54. The molecule has 4 aliphatic rings. The first-order chi connectivity index (χ1) is 26.6. The van der Waals surface area contributed by atoms with E-state index in [1.54, 1.807) is 48.5 Å². The van der Waals surface area contributed by atoms with Crippen molar-refractivity contribution in [2.45, 2.75) is 25.7 Å². The molecule has 274 valence electrons. The SMILES string of the molecule is CN(C)c1ccc(N=Nc2ccc(N3C(=O)[C@H]4[C@H](CC=C5[C@H]4C[C@H]4C(=O)N(c6ccccc6)C(=O)[C@@]4(C)[C@H]5c4ccc5ccccc5c4O)C3=O)cc2)cc1. The van der Waals surface area contributed by atoms with Gasteiger partial charge in [0.15, 0.2) is 0 Å². The van der Waals surface area contributed by atoms with Crippen LogP contribution in [0, 0.1) is 29.1 Å². The summed E-state index contributed by atoms with van der Waals surface area (Å²) in [5.41, 5.74) is 3.32. The zero-order valence-corrected chi connectivity index (χ0v) is 30.7. The maximum absolute atomic E-state index is 14.7. The third-order valence-electron chi connectivity index (χ3n) is 12.3. The third kappa shape index (κ3) is 5.22. The minimum Gasteiger partial charge on any atom is -0.507 e. The molecule has 6 atom stereocenters. The topological polar surface area (TPSA) is 123 Å². The number of phenolic OH excluding ortho intramolecular Hbond substituents is 1. The van der Waals surface area contributed by atoms with Gasteiger partial charge in [-0.3, -0.25) is 24.1 Å². The van der Waals surface area contributed by atoms with Gasteiger partial charge in [0.1, 0.15) is 5.75 Å². The predicted molar refractivity (Wildman–Crippen MR) is 211 cm³/mol. The number of hydrogen-bond donors (Lipinski definition) is 1. The molecule has 3 fully saturated rings. The zero-order valence-electron chi connectivity index (χ0n) is 30.7. The number of allylic oxidation sites excluding steroid dienone is 2. The quantitative estimate of drug-likeness (QED) is 0.106. The van der Waals surface area contributed by atoms with Gasteiger partial charge in [0.2, 0.25) is 23.6 Å². The molecule has 2 saturated heterocycles. The van der Waals surface area contributed by atoms with Crippen LogP contribution in [0.25, 0.3) is 10.8 Å². The van der Waals surface area contributed by atoms with Gasteiger partial charge in [-0.25, -0.2) is 4.90 Å². The molecule has 0 aromatic heterocycles. The molecule has 4 amide bonds. The van der Waals surface area contributed by atoms with E-state index in [9.17, 15) is 24.3 Å². The van der Waals surface area contributed by atoms with Crippen molar-refractivity contribution in [2.75, 3.05) is 28.8 Å². The number of para-hydroxylation sites is 1. The summed E-state index contributed by atoms with van der Waals surface area (Å²) in [5.74, 6) is -4.63. The number of carbonyl (C=O) groups excluding carboxylic acids is 4. The average molecular weight is 730 g/mol.